The summed E-state index contributed by atoms with van der Waals surface area (Å²) in [5, 5.41) is 2.84. The summed E-state index contributed by atoms with van der Waals surface area (Å²) in [6.45, 7) is 6.31. The van der Waals surface area contributed by atoms with E-state index in [1.54, 1.807) is 11.8 Å². The number of nitrogens with two attached hydrogens (primary N) is 1. The molecule has 0 aliphatic carbocycles. The lowest BCUT2D eigenvalue weighted by Gasteiger charge is -2.44. The van der Waals surface area contributed by atoms with Crippen molar-refractivity contribution in [2.24, 2.45) is 5.73 Å². The Hall–Kier alpha value is -1.53. The van der Waals surface area contributed by atoms with E-state index in [0.29, 0.717) is 0 Å². The Labute approximate surface area is 134 Å². The molecule has 2 fully saturated rings. The van der Waals surface area contributed by atoms with Gasteiger partial charge in [0.1, 0.15) is 17.5 Å². The fraction of sp³-hybridized carbons (Fsp3) is 0.500. The molecule has 0 radical (unpaired) electrons. The molecule has 6 heteroatoms. The normalized spacial score (nSPS) is 30.5. The van der Waals surface area contributed by atoms with E-state index in [9.17, 15) is 9.59 Å². The first kappa shape index (κ1) is 15.4. The number of amides is 2. The van der Waals surface area contributed by atoms with Crippen molar-refractivity contribution >= 4 is 23.6 Å². The van der Waals surface area contributed by atoms with Gasteiger partial charge in [-0.25, -0.2) is 0 Å². The molecule has 1 aromatic carbocycles. The summed E-state index contributed by atoms with van der Waals surface area (Å²) in [6, 6.07) is 8.15. The van der Waals surface area contributed by atoms with Gasteiger partial charge in [-0.05, 0) is 26.3 Å². The molecule has 3 N–H and O–H groups in total. The van der Waals surface area contributed by atoms with Crippen LogP contribution < -0.4 is 11.1 Å². The molecule has 2 amide bonds. The van der Waals surface area contributed by atoms with E-state index in [2.05, 4.69) is 26.1 Å². The van der Waals surface area contributed by atoms with Crippen LogP contribution in [0.1, 0.15) is 32.4 Å². The quantitative estimate of drug-likeness (QED) is 0.822. The van der Waals surface area contributed by atoms with Crippen LogP contribution >= 0.6 is 11.8 Å². The van der Waals surface area contributed by atoms with E-state index in [4.69, 9.17) is 5.73 Å². The lowest BCUT2D eigenvalue weighted by molar-refractivity contribution is -0.150. The topological polar surface area (TPSA) is 75.4 Å². The van der Waals surface area contributed by atoms with Crippen molar-refractivity contribution in [3.63, 3.8) is 0 Å². The first-order valence-corrected chi connectivity index (χ1v) is 8.32. The molecule has 118 valence electrons. The Morgan fingerprint density at radius 3 is 2.64 bits per heavy atom. The summed E-state index contributed by atoms with van der Waals surface area (Å²) in [5.41, 5.74) is 6.73. The number of fused-ring (bicyclic) bond motifs is 1. The average molecular weight is 319 g/mol. The number of rotatable bonds is 3. The lowest BCUT2D eigenvalue weighted by atomic mass is 9.97. The summed E-state index contributed by atoms with van der Waals surface area (Å²) in [5.74, 6) is -0.314. The summed E-state index contributed by atoms with van der Waals surface area (Å²) in [4.78, 5) is 26.5. The minimum absolute atomic E-state index is 0.00134. The highest BCUT2D eigenvalue weighted by atomic mass is 32.2. The molecule has 2 aliphatic heterocycles. The van der Waals surface area contributed by atoms with Gasteiger partial charge < -0.3 is 16.0 Å². The summed E-state index contributed by atoms with van der Waals surface area (Å²) in [6.07, 6.45) is 0. The van der Waals surface area contributed by atoms with Crippen LogP contribution in [0.4, 0.5) is 0 Å². The van der Waals surface area contributed by atoms with E-state index < -0.39 is 12.1 Å². The molecular weight excluding hydrogens is 298 g/mol. The molecule has 2 saturated heterocycles. The van der Waals surface area contributed by atoms with Gasteiger partial charge in [0.2, 0.25) is 11.8 Å². The predicted octanol–water partition coefficient (Wildman–Crippen LogP) is 1.25. The van der Waals surface area contributed by atoms with Crippen molar-refractivity contribution in [3.05, 3.63) is 35.9 Å². The average Bonchev–Trinajstić information content (AvgIpc) is 2.72. The van der Waals surface area contributed by atoms with Gasteiger partial charge in [0.25, 0.3) is 0 Å². The fourth-order valence-electron chi connectivity index (χ4n) is 2.95. The highest BCUT2D eigenvalue weighted by Gasteiger charge is 2.60. The van der Waals surface area contributed by atoms with Crippen LogP contribution in [0.2, 0.25) is 0 Å². The van der Waals surface area contributed by atoms with Gasteiger partial charge in [-0.3, -0.25) is 9.59 Å². The van der Waals surface area contributed by atoms with Gasteiger partial charge in [-0.15, -0.1) is 11.8 Å². The molecule has 2 heterocycles. The number of hydrogen-bond acceptors (Lipinski definition) is 4. The Morgan fingerprint density at radius 1 is 1.36 bits per heavy atom. The Kier molecular flexibility index (Phi) is 3.69. The zero-order valence-corrected chi connectivity index (χ0v) is 13.8. The van der Waals surface area contributed by atoms with E-state index >= 15 is 0 Å². The van der Waals surface area contributed by atoms with Gasteiger partial charge in [0.05, 0.1) is 0 Å². The summed E-state index contributed by atoms with van der Waals surface area (Å²) >= 11 is 1.74. The molecule has 1 aromatic rings. The summed E-state index contributed by atoms with van der Waals surface area (Å²) < 4.78 is 0.00134. The SMILES string of the molecule is C[C@@H]1N2C(=O)[C@@H](NC(=O)C(N)c3ccccc3)C2SC1(C)C. The fourth-order valence-corrected chi connectivity index (χ4v) is 4.61. The number of benzene rings is 1. The zero-order chi connectivity index (χ0) is 16.1. The number of carbonyl (C=O) groups is 2. The van der Waals surface area contributed by atoms with Gasteiger partial charge in [0, 0.05) is 10.8 Å². The zero-order valence-electron chi connectivity index (χ0n) is 12.9. The minimum Gasteiger partial charge on any atom is -0.340 e. The maximum Gasteiger partial charge on any atom is 0.249 e. The van der Waals surface area contributed by atoms with Crippen molar-refractivity contribution in [1.29, 1.82) is 0 Å². The molecule has 0 spiro atoms. The van der Waals surface area contributed by atoms with Crippen molar-refractivity contribution in [2.45, 2.75) is 49.0 Å². The molecular formula is C16H21N3O2S. The predicted molar refractivity (Wildman–Crippen MR) is 87.1 cm³/mol. The number of hydrogen-bond donors (Lipinski definition) is 2. The Morgan fingerprint density at radius 2 is 2.00 bits per heavy atom. The molecule has 22 heavy (non-hydrogen) atoms. The highest BCUT2D eigenvalue weighted by Crippen LogP contribution is 2.50. The number of thioether (sulfide) groups is 1. The van der Waals surface area contributed by atoms with Crippen molar-refractivity contribution < 1.29 is 9.59 Å². The van der Waals surface area contributed by atoms with E-state index in [1.807, 2.05) is 35.2 Å². The number of nitrogens with one attached hydrogen (secondary N) is 1. The van der Waals surface area contributed by atoms with Gasteiger partial charge in [-0.1, -0.05) is 30.3 Å². The van der Waals surface area contributed by atoms with Gasteiger partial charge in [0.15, 0.2) is 0 Å². The molecule has 3 rings (SSSR count). The van der Waals surface area contributed by atoms with Crippen molar-refractivity contribution in [3.8, 4) is 0 Å². The Bertz CT molecular complexity index is 605. The van der Waals surface area contributed by atoms with E-state index in [1.165, 1.54) is 0 Å². The third-order valence-electron chi connectivity index (χ3n) is 4.67. The number of nitrogens with zero attached hydrogens (tertiary/aromatic N) is 1. The van der Waals surface area contributed by atoms with Gasteiger partial charge >= 0.3 is 0 Å². The second kappa shape index (κ2) is 5.28. The standard InChI is InChI=1S/C16H21N3O2S/c1-9-16(2,3)22-15-12(14(21)19(9)15)18-13(20)11(17)10-7-5-4-6-8-10/h4-9,11-12,15H,17H2,1-3H3,(H,18,20)/t9-,11?,12+,15?/m0/s1. The second-order valence-electron chi connectivity index (χ2n) is 6.41. The lowest BCUT2D eigenvalue weighted by Crippen LogP contribution is -2.69. The van der Waals surface area contributed by atoms with Crippen LogP contribution in [-0.2, 0) is 9.59 Å². The minimum atomic E-state index is -0.750. The molecule has 4 atom stereocenters. The van der Waals surface area contributed by atoms with Crippen LogP contribution in [0.3, 0.4) is 0 Å². The van der Waals surface area contributed by atoms with Crippen molar-refractivity contribution in [1.82, 2.24) is 10.2 Å². The third kappa shape index (κ3) is 2.30. The van der Waals surface area contributed by atoms with Crippen LogP contribution in [-0.4, -0.2) is 38.9 Å². The third-order valence-corrected chi connectivity index (χ3v) is 6.36. The number of carbonyl (C=O) groups excluding carboxylic acids is 2. The molecule has 2 aliphatic rings. The van der Waals surface area contributed by atoms with Crippen LogP contribution in [0, 0.1) is 0 Å². The molecule has 0 saturated carbocycles. The van der Waals surface area contributed by atoms with Crippen LogP contribution in [0.15, 0.2) is 30.3 Å². The van der Waals surface area contributed by atoms with Crippen LogP contribution in [0.25, 0.3) is 0 Å². The first-order valence-electron chi connectivity index (χ1n) is 7.44. The smallest absolute Gasteiger partial charge is 0.249 e. The maximum absolute atomic E-state index is 12.3. The van der Waals surface area contributed by atoms with E-state index in [-0.39, 0.29) is 28.0 Å². The highest BCUT2D eigenvalue weighted by molar-refractivity contribution is 8.01. The molecule has 2 unspecified atom stereocenters. The molecule has 0 bridgehead atoms. The molecule has 0 aromatic heterocycles. The molecule has 5 nitrogen and oxygen atoms in total. The second-order valence-corrected chi connectivity index (χ2v) is 8.18. The first-order chi connectivity index (χ1) is 10.3. The Balaban J connectivity index is 1.68. The van der Waals surface area contributed by atoms with E-state index in [0.717, 1.165) is 5.56 Å². The van der Waals surface area contributed by atoms with Gasteiger partial charge in [-0.2, -0.15) is 0 Å². The number of β-lactam (4-membered cyclic amide) rings is 1. The van der Waals surface area contributed by atoms with Crippen LogP contribution in [0.5, 0.6) is 0 Å². The largest absolute Gasteiger partial charge is 0.340 e. The monoisotopic (exact) mass is 319 g/mol. The van der Waals surface area contributed by atoms with Crippen molar-refractivity contribution in [2.75, 3.05) is 0 Å². The maximum atomic E-state index is 12.3. The summed E-state index contributed by atoms with van der Waals surface area (Å²) in [7, 11) is 0.